The molecule has 27 heavy (non-hydrogen) atoms. The molecule has 0 saturated heterocycles. The van der Waals surface area contributed by atoms with Crippen molar-refractivity contribution in [2.75, 3.05) is 10.6 Å². The Morgan fingerprint density at radius 1 is 1.22 bits per heavy atom. The van der Waals surface area contributed by atoms with E-state index in [-0.39, 0.29) is 11.9 Å². The lowest BCUT2D eigenvalue weighted by Gasteiger charge is -2.20. The van der Waals surface area contributed by atoms with Gasteiger partial charge in [0.15, 0.2) is 5.82 Å². The van der Waals surface area contributed by atoms with Crippen LogP contribution in [-0.2, 0) is 11.8 Å². The first kappa shape index (κ1) is 18.6. The van der Waals surface area contributed by atoms with Crippen molar-refractivity contribution in [3.63, 3.8) is 0 Å². The minimum atomic E-state index is -0.298. The number of aryl methyl sites for hydroxylation is 2. The highest BCUT2D eigenvalue weighted by Crippen LogP contribution is 2.28. The van der Waals surface area contributed by atoms with Crippen LogP contribution in [0.25, 0.3) is 0 Å². The number of benzene rings is 2. The van der Waals surface area contributed by atoms with Gasteiger partial charge in [0.1, 0.15) is 6.04 Å². The van der Waals surface area contributed by atoms with Crippen molar-refractivity contribution in [1.82, 2.24) is 20.2 Å². The van der Waals surface area contributed by atoms with Gasteiger partial charge in [-0.25, -0.2) is 4.68 Å². The van der Waals surface area contributed by atoms with Crippen molar-refractivity contribution < 1.29 is 4.79 Å². The molecule has 1 amide bonds. The number of tetrazole rings is 1. The maximum absolute atomic E-state index is 11.4. The molecule has 0 aliphatic rings. The van der Waals surface area contributed by atoms with Gasteiger partial charge in [0, 0.05) is 23.4 Å². The molecule has 138 valence electrons. The van der Waals surface area contributed by atoms with Crippen LogP contribution in [0.1, 0.15) is 23.0 Å². The van der Waals surface area contributed by atoms with Crippen molar-refractivity contribution in [3.05, 3.63) is 77.1 Å². The summed E-state index contributed by atoms with van der Waals surface area (Å²) >= 11 is 6.25. The van der Waals surface area contributed by atoms with Crippen LogP contribution in [-0.4, -0.2) is 26.1 Å². The van der Waals surface area contributed by atoms with E-state index in [9.17, 15) is 4.79 Å². The summed E-state index contributed by atoms with van der Waals surface area (Å²) in [5, 5.41) is 18.6. The van der Waals surface area contributed by atoms with Gasteiger partial charge in [0.25, 0.3) is 0 Å². The summed E-state index contributed by atoms with van der Waals surface area (Å²) in [4.78, 5) is 11.4. The van der Waals surface area contributed by atoms with E-state index in [2.05, 4.69) is 32.7 Å². The van der Waals surface area contributed by atoms with Gasteiger partial charge in [-0.1, -0.05) is 36.4 Å². The van der Waals surface area contributed by atoms with E-state index in [0.29, 0.717) is 16.5 Å². The second-order valence-corrected chi connectivity index (χ2v) is 6.42. The second kappa shape index (κ2) is 8.01. The van der Waals surface area contributed by atoms with Gasteiger partial charge in [-0.3, -0.25) is 4.79 Å². The summed E-state index contributed by atoms with van der Waals surface area (Å²) in [7, 11) is 1.78. The molecule has 0 radical (unpaired) electrons. The molecule has 3 aromatic rings. The number of halogens is 1. The molecule has 1 unspecified atom stereocenters. The highest BCUT2D eigenvalue weighted by Gasteiger charge is 2.20. The molecular weight excluding hydrogens is 364 g/mol. The Morgan fingerprint density at radius 2 is 1.93 bits per heavy atom. The minimum absolute atomic E-state index is 0.260. The van der Waals surface area contributed by atoms with Crippen LogP contribution in [0, 0.1) is 6.92 Å². The van der Waals surface area contributed by atoms with E-state index in [1.165, 1.54) is 6.08 Å². The van der Waals surface area contributed by atoms with Crippen molar-refractivity contribution in [2.45, 2.75) is 13.0 Å². The van der Waals surface area contributed by atoms with Crippen LogP contribution in [0.3, 0.4) is 0 Å². The second-order valence-electron chi connectivity index (χ2n) is 6.02. The third kappa shape index (κ3) is 4.32. The molecule has 0 aliphatic carbocycles. The lowest BCUT2D eigenvalue weighted by Crippen LogP contribution is -2.17. The van der Waals surface area contributed by atoms with Gasteiger partial charge < -0.3 is 10.6 Å². The zero-order valence-electron chi connectivity index (χ0n) is 15.0. The predicted octanol–water partition coefficient (Wildman–Crippen LogP) is 3.50. The zero-order valence-corrected chi connectivity index (χ0v) is 15.7. The van der Waals surface area contributed by atoms with Gasteiger partial charge >= 0.3 is 0 Å². The molecule has 8 heteroatoms. The van der Waals surface area contributed by atoms with Crippen LogP contribution < -0.4 is 10.6 Å². The maximum Gasteiger partial charge on any atom is 0.247 e. The van der Waals surface area contributed by atoms with Crippen LogP contribution >= 0.6 is 11.6 Å². The highest BCUT2D eigenvalue weighted by molar-refractivity contribution is 6.31. The zero-order chi connectivity index (χ0) is 19.4. The molecule has 7 nitrogen and oxygen atoms in total. The fraction of sp³-hybridized carbons (Fsp3) is 0.158. The van der Waals surface area contributed by atoms with Gasteiger partial charge in [0.2, 0.25) is 5.91 Å². The van der Waals surface area contributed by atoms with Crippen LogP contribution in [0.4, 0.5) is 11.4 Å². The smallest absolute Gasteiger partial charge is 0.247 e. The molecule has 0 bridgehead atoms. The lowest BCUT2D eigenvalue weighted by molar-refractivity contribution is -0.111. The van der Waals surface area contributed by atoms with Crippen molar-refractivity contribution in [3.8, 4) is 0 Å². The molecule has 0 fully saturated rings. The summed E-state index contributed by atoms with van der Waals surface area (Å²) in [6, 6.07) is 12.9. The largest absolute Gasteiger partial charge is 0.371 e. The summed E-state index contributed by atoms with van der Waals surface area (Å²) in [6.45, 7) is 5.40. The number of hydrogen-bond acceptors (Lipinski definition) is 5. The summed E-state index contributed by atoms with van der Waals surface area (Å²) < 4.78 is 1.61. The van der Waals surface area contributed by atoms with E-state index < -0.39 is 0 Å². The fourth-order valence-electron chi connectivity index (χ4n) is 2.58. The lowest BCUT2D eigenvalue weighted by atomic mass is 10.0. The van der Waals surface area contributed by atoms with E-state index in [0.717, 1.165) is 16.8 Å². The molecule has 2 N–H and O–H groups in total. The number of hydrogen-bond donors (Lipinski definition) is 2. The Hall–Kier alpha value is -3.19. The van der Waals surface area contributed by atoms with Crippen molar-refractivity contribution in [2.24, 2.45) is 7.05 Å². The molecule has 1 aromatic heterocycles. The molecule has 0 saturated carbocycles. The highest BCUT2D eigenvalue weighted by atomic mass is 35.5. The van der Waals surface area contributed by atoms with Gasteiger partial charge in [-0.2, -0.15) is 0 Å². The Balaban J connectivity index is 1.92. The molecule has 1 heterocycles. The number of rotatable bonds is 6. The third-order valence-electron chi connectivity index (χ3n) is 4.09. The number of nitrogens with one attached hydrogen (secondary N) is 2. The van der Waals surface area contributed by atoms with Crippen LogP contribution in [0.5, 0.6) is 0 Å². The average molecular weight is 383 g/mol. The Labute approximate surface area is 162 Å². The SMILES string of the molecule is C=CC(=O)Nc1ccc(C(Nc2ccc(C)c(Cl)c2)c2nnnn2C)cc1. The van der Waals surface area contributed by atoms with E-state index in [1.807, 2.05) is 49.4 Å². The number of aromatic nitrogens is 4. The van der Waals surface area contributed by atoms with Crippen LogP contribution in [0.2, 0.25) is 5.02 Å². The van der Waals surface area contributed by atoms with E-state index in [1.54, 1.807) is 11.7 Å². The first-order valence-electron chi connectivity index (χ1n) is 8.26. The Bertz CT molecular complexity index is 967. The molecule has 2 aromatic carbocycles. The summed E-state index contributed by atoms with van der Waals surface area (Å²) in [5.41, 5.74) is 3.46. The Morgan fingerprint density at radius 3 is 2.52 bits per heavy atom. The summed E-state index contributed by atoms with van der Waals surface area (Å²) in [6.07, 6.45) is 1.23. The van der Waals surface area contributed by atoms with Crippen LogP contribution in [0.15, 0.2) is 55.1 Å². The minimum Gasteiger partial charge on any atom is -0.371 e. The average Bonchev–Trinajstić information content (AvgIpc) is 3.09. The number of carbonyl (C=O) groups excluding carboxylic acids is 1. The molecule has 0 spiro atoms. The van der Waals surface area contributed by atoms with E-state index in [4.69, 9.17) is 11.6 Å². The quantitative estimate of drug-likeness (QED) is 0.637. The van der Waals surface area contributed by atoms with E-state index >= 15 is 0 Å². The number of nitrogens with zero attached hydrogens (tertiary/aromatic N) is 4. The molecule has 1 atom stereocenters. The predicted molar refractivity (Wildman–Crippen MR) is 106 cm³/mol. The monoisotopic (exact) mass is 382 g/mol. The summed E-state index contributed by atoms with van der Waals surface area (Å²) in [5.74, 6) is 0.388. The van der Waals surface area contributed by atoms with Gasteiger partial charge in [-0.15, -0.1) is 5.10 Å². The first-order chi connectivity index (χ1) is 13.0. The van der Waals surface area contributed by atoms with Crippen molar-refractivity contribution in [1.29, 1.82) is 0 Å². The molecular formula is C19H19ClN6O. The fourth-order valence-corrected chi connectivity index (χ4v) is 2.76. The molecule has 3 rings (SSSR count). The van der Waals surface area contributed by atoms with Gasteiger partial charge in [-0.05, 0) is 58.8 Å². The van der Waals surface area contributed by atoms with Crippen molar-refractivity contribution >= 4 is 28.9 Å². The third-order valence-corrected chi connectivity index (χ3v) is 4.50. The molecule has 0 aliphatic heterocycles. The maximum atomic E-state index is 11.4. The topological polar surface area (TPSA) is 84.7 Å². The number of amides is 1. The normalized spacial score (nSPS) is 11.7. The number of anilines is 2. The number of carbonyl (C=O) groups is 1. The first-order valence-corrected chi connectivity index (χ1v) is 8.64. The standard InChI is InChI=1S/C19H19ClN6O/c1-4-17(27)21-14-9-6-13(7-10-14)18(19-23-24-25-26(19)3)22-15-8-5-12(2)16(20)11-15/h4-11,18,22H,1H2,2-3H3,(H,21,27). The Kier molecular flexibility index (Phi) is 5.52. The van der Waals surface area contributed by atoms with Gasteiger partial charge in [0.05, 0.1) is 0 Å².